The Kier molecular flexibility index (Phi) is 5.48. The summed E-state index contributed by atoms with van der Waals surface area (Å²) in [7, 11) is 0. The molecule has 30 heavy (non-hydrogen) atoms. The lowest BCUT2D eigenvalue weighted by atomic mass is 9.87. The second-order valence-electron chi connectivity index (χ2n) is 8.38. The third-order valence-electron chi connectivity index (χ3n) is 4.95. The number of nitrogens with one attached hydrogen (secondary N) is 1. The normalized spacial score (nSPS) is 11.6. The first-order chi connectivity index (χ1) is 14.3. The van der Waals surface area contributed by atoms with Crippen LogP contribution in [0, 0.1) is 0 Å². The van der Waals surface area contributed by atoms with Gasteiger partial charge in [0, 0.05) is 15.7 Å². The summed E-state index contributed by atoms with van der Waals surface area (Å²) in [5.74, 6) is 0.502. The molecule has 4 rings (SSSR count). The first-order valence-electron chi connectivity index (χ1n) is 9.84. The molecule has 0 atom stereocenters. The number of oxazole rings is 1. The van der Waals surface area contributed by atoms with Gasteiger partial charge in [-0.2, -0.15) is 0 Å². The number of rotatable bonds is 4. The summed E-state index contributed by atoms with van der Waals surface area (Å²) >= 11 is 3.40. The highest BCUT2D eigenvalue weighted by Crippen LogP contribution is 2.29. The fraction of sp³-hybridized carbons (Fsp3) is 0.200. The molecule has 1 N–H and O–H groups in total. The molecule has 0 bridgehead atoms. The predicted molar refractivity (Wildman–Crippen MR) is 125 cm³/mol. The van der Waals surface area contributed by atoms with Gasteiger partial charge in [-0.15, -0.1) is 0 Å². The van der Waals surface area contributed by atoms with Crippen LogP contribution in [0.4, 0.5) is 5.69 Å². The molecule has 0 fully saturated rings. The average Bonchev–Trinajstić information content (AvgIpc) is 3.12. The summed E-state index contributed by atoms with van der Waals surface area (Å²) in [5, 5.41) is 2.94. The van der Waals surface area contributed by atoms with E-state index in [0.717, 1.165) is 15.6 Å². The molecule has 0 aliphatic rings. The van der Waals surface area contributed by atoms with E-state index in [9.17, 15) is 4.79 Å². The predicted octanol–water partition coefficient (Wildman–Crippen LogP) is 6.74. The van der Waals surface area contributed by atoms with Crippen LogP contribution in [0.3, 0.4) is 0 Å². The van der Waals surface area contributed by atoms with Crippen LogP contribution in [-0.4, -0.2) is 10.9 Å². The molecule has 0 aliphatic carbocycles. The highest BCUT2D eigenvalue weighted by Gasteiger charge is 2.15. The topological polar surface area (TPSA) is 55.1 Å². The fourth-order valence-electron chi connectivity index (χ4n) is 3.23. The van der Waals surface area contributed by atoms with Crippen LogP contribution in [0.5, 0.6) is 0 Å². The van der Waals surface area contributed by atoms with Crippen LogP contribution in [0.2, 0.25) is 0 Å². The van der Waals surface area contributed by atoms with E-state index in [4.69, 9.17) is 4.42 Å². The number of carbonyl (C=O) groups is 1. The number of nitrogens with zero attached hydrogens (tertiary/aromatic N) is 1. The van der Waals surface area contributed by atoms with Crippen molar-refractivity contribution in [3.63, 3.8) is 0 Å². The van der Waals surface area contributed by atoms with E-state index in [1.54, 1.807) is 0 Å². The standard InChI is InChI=1S/C25H23BrN2O2/c1-25(2,3)18-8-6-17(7-9-18)24-28-21-15-20(12-13-22(21)30-24)27-23(29)14-16-4-10-19(26)11-5-16/h4-13,15H,14H2,1-3H3,(H,27,29). The van der Waals surface area contributed by atoms with E-state index in [1.807, 2.05) is 54.6 Å². The minimum absolute atomic E-state index is 0.0711. The average molecular weight is 463 g/mol. The maximum absolute atomic E-state index is 12.4. The third-order valence-corrected chi connectivity index (χ3v) is 5.48. The van der Waals surface area contributed by atoms with Crippen molar-refractivity contribution < 1.29 is 9.21 Å². The van der Waals surface area contributed by atoms with Gasteiger partial charge in [-0.05, 0) is 59.0 Å². The second kappa shape index (κ2) is 8.07. The SMILES string of the molecule is CC(C)(C)c1ccc(-c2nc3cc(NC(=O)Cc4ccc(Br)cc4)ccc3o2)cc1. The van der Waals surface area contributed by atoms with Gasteiger partial charge >= 0.3 is 0 Å². The van der Waals surface area contributed by atoms with Crippen LogP contribution in [0.15, 0.2) is 75.6 Å². The van der Waals surface area contributed by atoms with Gasteiger partial charge in [-0.3, -0.25) is 4.79 Å². The van der Waals surface area contributed by atoms with Crippen molar-refractivity contribution in [2.75, 3.05) is 5.32 Å². The van der Waals surface area contributed by atoms with E-state index < -0.39 is 0 Å². The van der Waals surface area contributed by atoms with Crippen LogP contribution in [-0.2, 0) is 16.6 Å². The van der Waals surface area contributed by atoms with Crippen molar-refractivity contribution in [3.8, 4) is 11.5 Å². The molecule has 5 heteroatoms. The molecule has 152 valence electrons. The summed E-state index contributed by atoms with van der Waals surface area (Å²) in [5.41, 5.74) is 5.36. The zero-order valence-corrected chi connectivity index (χ0v) is 18.8. The summed E-state index contributed by atoms with van der Waals surface area (Å²) in [6.45, 7) is 6.57. The van der Waals surface area contributed by atoms with Gasteiger partial charge in [0.25, 0.3) is 0 Å². The Bertz CT molecular complexity index is 1190. The Labute approximate surface area is 184 Å². The van der Waals surface area contributed by atoms with Crippen molar-refractivity contribution in [1.82, 2.24) is 4.98 Å². The van der Waals surface area contributed by atoms with Crippen LogP contribution < -0.4 is 5.32 Å². The highest BCUT2D eigenvalue weighted by molar-refractivity contribution is 9.10. The number of fused-ring (bicyclic) bond motifs is 1. The number of halogens is 1. The lowest BCUT2D eigenvalue weighted by Gasteiger charge is -2.18. The molecule has 0 saturated heterocycles. The maximum atomic E-state index is 12.4. The van der Waals surface area contributed by atoms with Crippen molar-refractivity contribution in [2.45, 2.75) is 32.6 Å². The first kappa shape index (κ1) is 20.4. The number of hydrogen-bond acceptors (Lipinski definition) is 3. The number of anilines is 1. The van der Waals surface area contributed by atoms with Gasteiger partial charge in [-0.1, -0.05) is 61.0 Å². The van der Waals surface area contributed by atoms with E-state index in [-0.39, 0.29) is 11.3 Å². The van der Waals surface area contributed by atoms with Crippen LogP contribution >= 0.6 is 15.9 Å². The Morgan fingerprint density at radius 1 is 1.00 bits per heavy atom. The van der Waals surface area contributed by atoms with E-state index in [1.165, 1.54) is 5.56 Å². The van der Waals surface area contributed by atoms with Crippen LogP contribution in [0.1, 0.15) is 31.9 Å². The van der Waals surface area contributed by atoms with Gasteiger partial charge in [-0.25, -0.2) is 4.98 Å². The van der Waals surface area contributed by atoms with Gasteiger partial charge in [0.15, 0.2) is 5.58 Å². The second-order valence-corrected chi connectivity index (χ2v) is 9.30. The summed E-state index contributed by atoms with van der Waals surface area (Å²) < 4.78 is 6.91. The molecule has 4 nitrogen and oxygen atoms in total. The van der Waals surface area contributed by atoms with Gasteiger partial charge in [0.05, 0.1) is 6.42 Å². The number of carbonyl (C=O) groups excluding carboxylic acids is 1. The van der Waals surface area contributed by atoms with E-state index in [0.29, 0.717) is 29.1 Å². The largest absolute Gasteiger partial charge is 0.436 e. The quantitative estimate of drug-likeness (QED) is 0.365. The van der Waals surface area contributed by atoms with Crippen molar-refractivity contribution in [2.24, 2.45) is 0 Å². The molecule has 0 unspecified atom stereocenters. The number of hydrogen-bond donors (Lipinski definition) is 1. The Balaban J connectivity index is 1.51. The third kappa shape index (κ3) is 4.62. The number of aromatic nitrogens is 1. The van der Waals surface area contributed by atoms with Gasteiger partial charge < -0.3 is 9.73 Å². The molecule has 1 heterocycles. The first-order valence-corrected chi connectivity index (χ1v) is 10.6. The Morgan fingerprint density at radius 2 is 1.70 bits per heavy atom. The maximum Gasteiger partial charge on any atom is 0.228 e. The highest BCUT2D eigenvalue weighted by atomic mass is 79.9. The lowest BCUT2D eigenvalue weighted by molar-refractivity contribution is -0.115. The molecular formula is C25H23BrN2O2. The molecule has 0 spiro atoms. The monoisotopic (exact) mass is 462 g/mol. The molecule has 0 saturated carbocycles. The van der Waals surface area contributed by atoms with Crippen LogP contribution in [0.25, 0.3) is 22.6 Å². The van der Waals surface area contributed by atoms with Crippen molar-refractivity contribution >= 4 is 38.6 Å². The molecule has 3 aromatic carbocycles. The van der Waals surface area contributed by atoms with Gasteiger partial charge in [0.1, 0.15) is 5.52 Å². The number of benzene rings is 3. The molecule has 4 aromatic rings. The molecule has 1 amide bonds. The zero-order valence-electron chi connectivity index (χ0n) is 17.2. The summed E-state index contributed by atoms with van der Waals surface area (Å²) in [4.78, 5) is 17.0. The minimum atomic E-state index is -0.0711. The summed E-state index contributed by atoms with van der Waals surface area (Å²) in [6, 6.07) is 21.5. The van der Waals surface area contributed by atoms with E-state index >= 15 is 0 Å². The molecular weight excluding hydrogens is 440 g/mol. The Hall–Kier alpha value is -2.92. The minimum Gasteiger partial charge on any atom is -0.436 e. The van der Waals surface area contributed by atoms with Crippen molar-refractivity contribution in [3.05, 3.63) is 82.3 Å². The van der Waals surface area contributed by atoms with E-state index in [2.05, 4.69) is 59.1 Å². The molecule has 0 radical (unpaired) electrons. The molecule has 1 aromatic heterocycles. The van der Waals surface area contributed by atoms with Crippen molar-refractivity contribution in [1.29, 1.82) is 0 Å². The Morgan fingerprint density at radius 3 is 2.37 bits per heavy atom. The smallest absolute Gasteiger partial charge is 0.228 e. The zero-order chi connectivity index (χ0) is 21.3. The van der Waals surface area contributed by atoms with Gasteiger partial charge in [0.2, 0.25) is 11.8 Å². The fourth-order valence-corrected chi connectivity index (χ4v) is 3.50. The summed E-state index contributed by atoms with van der Waals surface area (Å²) in [6.07, 6.45) is 0.315. The lowest BCUT2D eigenvalue weighted by Crippen LogP contribution is -2.14. The number of amides is 1. The molecule has 0 aliphatic heterocycles.